The molecule has 1 N–H and O–H groups in total. The highest BCUT2D eigenvalue weighted by Gasteiger charge is 1.95. The first kappa shape index (κ1) is 14.8. The van der Waals surface area contributed by atoms with E-state index < -0.39 is 0 Å². The molecule has 0 aliphatic rings. The van der Waals surface area contributed by atoms with Crippen LogP contribution >= 0.6 is 0 Å². The standard InChI is InChI=1S/C11H25NO3/c1-4-11(2)12-5-6-14-9-10-15-8-7-13-3/h11-12H,4-10H2,1-3H3. The maximum atomic E-state index is 5.38. The Morgan fingerprint density at radius 2 is 1.60 bits per heavy atom. The van der Waals surface area contributed by atoms with E-state index in [9.17, 15) is 0 Å². The van der Waals surface area contributed by atoms with Crippen molar-refractivity contribution in [1.82, 2.24) is 5.32 Å². The summed E-state index contributed by atoms with van der Waals surface area (Å²) in [6.45, 7) is 8.60. The average molecular weight is 219 g/mol. The molecule has 0 fully saturated rings. The van der Waals surface area contributed by atoms with Gasteiger partial charge in [-0.05, 0) is 13.3 Å². The molecule has 0 bridgehead atoms. The summed E-state index contributed by atoms with van der Waals surface area (Å²) in [5.41, 5.74) is 0. The van der Waals surface area contributed by atoms with Gasteiger partial charge in [0.05, 0.1) is 33.0 Å². The van der Waals surface area contributed by atoms with Gasteiger partial charge < -0.3 is 19.5 Å². The van der Waals surface area contributed by atoms with Crippen molar-refractivity contribution in [2.75, 3.05) is 46.7 Å². The normalized spacial score (nSPS) is 13.0. The van der Waals surface area contributed by atoms with Crippen molar-refractivity contribution in [3.63, 3.8) is 0 Å². The van der Waals surface area contributed by atoms with E-state index in [0.29, 0.717) is 32.5 Å². The van der Waals surface area contributed by atoms with Crippen LogP contribution in [0.3, 0.4) is 0 Å². The van der Waals surface area contributed by atoms with E-state index in [1.165, 1.54) is 0 Å². The van der Waals surface area contributed by atoms with Crippen LogP contribution in [0.2, 0.25) is 0 Å². The molecular weight excluding hydrogens is 194 g/mol. The molecule has 0 aliphatic heterocycles. The van der Waals surface area contributed by atoms with Gasteiger partial charge in [0.15, 0.2) is 0 Å². The SMILES string of the molecule is CCC(C)NCCOCCOCCOC. The number of ether oxygens (including phenoxy) is 3. The zero-order chi connectivity index (χ0) is 11.4. The van der Waals surface area contributed by atoms with Crippen molar-refractivity contribution in [3.05, 3.63) is 0 Å². The lowest BCUT2D eigenvalue weighted by Crippen LogP contribution is -2.29. The predicted molar refractivity (Wildman–Crippen MR) is 61.3 cm³/mol. The Balaban J connectivity index is 2.92. The minimum atomic E-state index is 0.576. The summed E-state index contributed by atoms with van der Waals surface area (Å²) in [6.07, 6.45) is 1.15. The third-order valence-corrected chi connectivity index (χ3v) is 2.16. The van der Waals surface area contributed by atoms with Crippen molar-refractivity contribution >= 4 is 0 Å². The van der Waals surface area contributed by atoms with Gasteiger partial charge in [-0.2, -0.15) is 0 Å². The zero-order valence-electron chi connectivity index (χ0n) is 10.3. The van der Waals surface area contributed by atoms with Gasteiger partial charge in [0.25, 0.3) is 0 Å². The highest BCUT2D eigenvalue weighted by molar-refractivity contribution is 4.55. The van der Waals surface area contributed by atoms with Gasteiger partial charge in [-0.3, -0.25) is 0 Å². The highest BCUT2D eigenvalue weighted by Crippen LogP contribution is 1.86. The van der Waals surface area contributed by atoms with Crippen LogP contribution in [0, 0.1) is 0 Å². The van der Waals surface area contributed by atoms with Crippen molar-refractivity contribution in [2.45, 2.75) is 26.3 Å². The van der Waals surface area contributed by atoms with Gasteiger partial charge in [-0.25, -0.2) is 0 Å². The first-order valence-corrected chi connectivity index (χ1v) is 5.69. The molecule has 1 unspecified atom stereocenters. The first-order valence-electron chi connectivity index (χ1n) is 5.69. The van der Waals surface area contributed by atoms with Crippen molar-refractivity contribution < 1.29 is 14.2 Å². The van der Waals surface area contributed by atoms with Gasteiger partial charge in [-0.1, -0.05) is 6.92 Å². The fourth-order valence-corrected chi connectivity index (χ4v) is 0.986. The molecule has 4 heteroatoms. The molecule has 0 saturated carbocycles. The van der Waals surface area contributed by atoms with Crippen LogP contribution in [0.1, 0.15) is 20.3 Å². The van der Waals surface area contributed by atoms with Crippen LogP contribution in [0.4, 0.5) is 0 Å². The van der Waals surface area contributed by atoms with Gasteiger partial charge in [0.2, 0.25) is 0 Å². The number of hydrogen-bond acceptors (Lipinski definition) is 4. The lowest BCUT2D eigenvalue weighted by Gasteiger charge is -2.11. The number of methoxy groups -OCH3 is 1. The molecule has 0 aromatic heterocycles. The summed E-state index contributed by atoms with van der Waals surface area (Å²) >= 11 is 0. The molecule has 4 nitrogen and oxygen atoms in total. The summed E-state index contributed by atoms with van der Waals surface area (Å²) in [5, 5.41) is 3.36. The Morgan fingerprint density at radius 1 is 1.00 bits per heavy atom. The molecule has 0 spiro atoms. The Hall–Kier alpha value is -0.160. The lowest BCUT2D eigenvalue weighted by molar-refractivity contribution is 0.0253. The van der Waals surface area contributed by atoms with E-state index in [-0.39, 0.29) is 0 Å². The monoisotopic (exact) mass is 219 g/mol. The molecular formula is C11H25NO3. The minimum Gasteiger partial charge on any atom is -0.382 e. The van der Waals surface area contributed by atoms with Crippen LogP contribution in [0.5, 0.6) is 0 Å². The maximum absolute atomic E-state index is 5.38. The smallest absolute Gasteiger partial charge is 0.0701 e. The van der Waals surface area contributed by atoms with Gasteiger partial charge in [-0.15, -0.1) is 0 Å². The predicted octanol–water partition coefficient (Wildman–Crippen LogP) is 1.05. The van der Waals surface area contributed by atoms with Crippen LogP contribution in [0.15, 0.2) is 0 Å². The molecule has 0 saturated heterocycles. The number of rotatable bonds is 11. The second-order valence-corrected chi connectivity index (χ2v) is 3.48. The van der Waals surface area contributed by atoms with Gasteiger partial charge in [0.1, 0.15) is 0 Å². The maximum Gasteiger partial charge on any atom is 0.0701 e. The third-order valence-electron chi connectivity index (χ3n) is 2.16. The van der Waals surface area contributed by atoms with E-state index in [1.807, 2.05) is 0 Å². The summed E-state index contributed by atoms with van der Waals surface area (Å²) in [4.78, 5) is 0. The highest BCUT2D eigenvalue weighted by atomic mass is 16.5. The fraction of sp³-hybridized carbons (Fsp3) is 1.00. The van der Waals surface area contributed by atoms with Crippen molar-refractivity contribution in [1.29, 1.82) is 0 Å². The second-order valence-electron chi connectivity index (χ2n) is 3.48. The van der Waals surface area contributed by atoms with E-state index in [2.05, 4.69) is 19.2 Å². The molecule has 0 radical (unpaired) electrons. The minimum absolute atomic E-state index is 0.576. The summed E-state index contributed by atoms with van der Waals surface area (Å²) in [5.74, 6) is 0. The molecule has 0 aliphatic carbocycles. The Kier molecular flexibility index (Phi) is 11.8. The summed E-state index contributed by atoms with van der Waals surface area (Å²) in [6, 6.07) is 0.576. The molecule has 92 valence electrons. The first-order chi connectivity index (χ1) is 7.31. The third kappa shape index (κ3) is 11.8. The molecule has 15 heavy (non-hydrogen) atoms. The van der Waals surface area contributed by atoms with Crippen LogP contribution < -0.4 is 5.32 Å². The van der Waals surface area contributed by atoms with Crippen molar-refractivity contribution in [2.24, 2.45) is 0 Å². The van der Waals surface area contributed by atoms with Gasteiger partial charge >= 0.3 is 0 Å². The number of nitrogens with one attached hydrogen (secondary N) is 1. The average Bonchev–Trinajstić information content (AvgIpc) is 2.26. The fourth-order valence-electron chi connectivity index (χ4n) is 0.986. The molecule has 1 atom stereocenters. The quantitative estimate of drug-likeness (QED) is 0.527. The van der Waals surface area contributed by atoms with Gasteiger partial charge in [0, 0.05) is 19.7 Å². The summed E-state index contributed by atoms with van der Waals surface area (Å²) in [7, 11) is 1.67. The van der Waals surface area contributed by atoms with Crippen LogP contribution in [0.25, 0.3) is 0 Å². The lowest BCUT2D eigenvalue weighted by atomic mass is 10.3. The Morgan fingerprint density at radius 3 is 2.20 bits per heavy atom. The molecule has 0 aromatic carbocycles. The molecule has 0 aromatic rings. The van der Waals surface area contributed by atoms with E-state index in [1.54, 1.807) is 7.11 Å². The Bertz CT molecular complexity index is 122. The molecule has 0 amide bonds. The second kappa shape index (κ2) is 11.9. The number of hydrogen-bond donors (Lipinski definition) is 1. The van der Waals surface area contributed by atoms with Crippen molar-refractivity contribution in [3.8, 4) is 0 Å². The largest absolute Gasteiger partial charge is 0.382 e. The molecule has 0 rings (SSSR count). The van der Waals surface area contributed by atoms with E-state index in [4.69, 9.17) is 14.2 Å². The zero-order valence-corrected chi connectivity index (χ0v) is 10.3. The topological polar surface area (TPSA) is 39.7 Å². The van der Waals surface area contributed by atoms with Crippen LogP contribution in [-0.4, -0.2) is 52.7 Å². The van der Waals surface area contributed by atoms with Crippen LogP contribution in [-0.2, 0) is 14.2 Å². The van der Waals surface area contributed by atoms with E-state index >= 15 is 0 Å². The molecule has 0 heterocycles. The van der Waals surface area contributed by atoms with E-state index in [0.717, 1.165) is 19.6 Å². The Labute approximate surface area is 93.3 Å². The summed E-state index contributed by atoms with van der Waals surface area (Å²) < 4.78 is 15.5.